The molecule has 0 atom stereocenters. The Labute approximate surface area is 171 Å². The number of amides is 1. The zero-order valence-electron chi connectivity index (χ0n) is 14.7. The number of nitrogens with zero attached hydrogens (tertiary/aromatic N) is 4. The van der Waals surface area contributed by atoms with Gasteiger partial charge >= 0.3 is 0 Å². The van der Waals surface area contributed by atoms with Crippen LogP contribution in [0.2, 0.25) is 5.02 Å². The van der Waals surface area contributed by atoms with E-state index in [4.69, 9.17) is 17.4 Å². The lowest BCUT2D eigenvalue weighted by molar-refractivity contribution is -0.118. The molecular weight excluding hydrogens is 398 g/mol. The summed E-state index contributed by atoms with van der Waals surface area (Å²) in [5.74, 6) is 6.25. The van der Waals surface area contributed by atoms with Crippen molar-refractivity contribution in [2.45, 2.75) is 11.7 Å². The van der Waals surface area contributed by atoms with Gasteiger partial charge < -0.3 is 11.2 Å². The van der Waals surface area contributed by atoms with Crippen LogP contribution in [0.4, 0.5) is 5.95 Å². The molecule has 4 N–H and O–H groups in total. The van der Waals surface area contributed by atoms with Crippen LogP contribution >= 0.6 is 23.4 Å². The molecule has 1 amide bonds. The van der Waals surface area contributed by atoms with Crippen molar-refractivity contribution in [3.63, 3.8) is 0 Å². The van der Waals surface area contributed by atoms with Crippen LogP contribution in [0.25, 0.3) is 0 Å². The number of nitrogen functional groups attached to an aromatic ring is 1. The minimum atomic E-state index is -0.120. The van der Waals surface area contributed by atoms with Crippen molar-refractivity contribution < 1.29 is 4.79 Å². The average molecular weight is 416 g/mol. The zero-order valence-corrected chi connectivity index (χ0v) is 16.3. The number of hydrogen-bond donors (Lipinski definition) is 3. The zero-order chi connectivity index (χ0) is 19.8. The maximum atomic E-state index is 12.0. The smallest absolute Gasteiger partial charge is 0.264 e. The highest BCUT2D eigenvalue weighted by atomic mass is 35.5. The highest BCUT2D eigenvalue weighted by molar-refractivity contribution is 7.99. The van der Waals surface area contributed by atoms with Gasteiger partial charge in [0.2, 0.25) is 11.1 Å². The summed E-state index contributed by atoms with van der Waals surface area (Å²) in [7, 11) is 0. The third kappa shape index (κ3) is 5.73. The molecule has 0 aliphatic rings. The third-order valence-electron chi connectivity index (χ3n) is 3.56. The molecule has 0 bridgehead atoms. The number of nitrogens with two attached hydrogens (primary N) is 1. The number of thioether (sulfide) groups is 1. The number of rotatable bonds is 8. The fraction of sp³-hybridized carbons (Fsp3) is 0.111. The van der Waals surface area contributed by atoms with Gasteiger partial charge in [-0.15, -0.1) is 10.2 Å². The second-order valence-electron chi connectivity index (χ2n) is 5.65. The van der Waals surface area contributed by atoms with Gasteiger partial charge in [-0.25, -0.2) is 10.1 Å². The van der Waals surface area contributed by atoms with Crippen LogP contribution < -0.4 is 16.6 Å². The Balaban J connectivity index is 1.48. The Hall–Kier alpha value is -3.04. The monoisotopic (exact) mass is 415 g/mol. The van der Waals surface area contributed by atoms with Crippen LogP contribution in [0, 0.1) is 0 Å². The third-order valence-corrected chi connectivity index (χ3v) is 4.73. The number of carbonyl (C=O) groups excluding carboxylic acids is 1. The Bertz CT molecular complexity index is 962. The number of aromatic nitrogens is 3. The van der Waals surface area contributed by atoms with E-state index in [1.807, 2.05) is 42.5 Å². The molecule has 8 nitrogen and oxygen atoms in total. The number of carbonyl (C=O) groups is 1. The molecule has 0 saturated heterocycles. The van der Waals surface area contributed by atoms with E-state index >= 15 is 0 Å². The molecule has 3 rings (SSSR count). The minimum Gasteiger partial charge on any atom is -0.351 e. The van der Waals surface area contributed by atoms with Gasteiger partial charge in [-0.2, -0.15) is 5.10 Å². The first kappa shape index (κ1) is 19.7. The van der Waals surface area contributed by atoms with Crippen LogP contribution in [0.5, 0.6) is 0 Å². The van der Waals surface area contributed by atoms with Crippen LogP contribution in [0.1, 0.15) is 11.1 Å². The highest BCUT2D eigenvalue weighted by Crippen LogP contribution is 2.16. The summed E-state index contributed by atoms with van der Waals surface area (Å²) in [6.45, 7) is 0.473. The Morgan fingerprint density at radius 1 is 1.21 bits per heavy atom. The summed E-state index contributed by atoms with van der Waals surface area (Å²) < 4.78 is 1.24. The number of hydrogen-bond acceptors (Lipinski definition) is 7. The molecular formula is C18H18ClN7OS. The van der Waals surface area contributed by atoms with E-state index in [-0.39, 0.29) is 17.6 Å². The lowest BCUT2D eigenvalue weighted by Gasteiger charge is -2.05. The lowest BCUT2D eigenvalue weighted by atomic mass is 10.2. The van der Waals surface area contributed by atoms with Crippen molar-refractivity contribution in [3.8, 4) is 0 Å². The quantitative estimate of drug-likeness (QED) is 0.225. The largest absolute Gasteiger partial charge is 0.351 e. The molecule has 3 aromatic rings. The predicted octanol–water partition coefficient (Wildman–Crippen LogP) is 2.50. The fourth-order valence-corrected chi connectivity index (χ4v) is 3.07. The van der Waals surface area contributed by atoms with Crippen LogP contribution in [0.15, 0.2) is 64.9 Å². The highest BCUT2D eigenvalue weighted by Gasteiger charge is 2.11. The molecule has 0 spiro atoms. The normalized spacial score (nSPS) is 10.9. The van der Waals surface area contributed by atoms with Gasteiger partial charge in [-0.3, -0.25) is 4.79 Å². The van der Waals surface area contributed by atoms with Crippen molar-refractivity contribution in [1.82, 2.24) is 20.2 Å². The maximum absolute atomic E-state index is 12.0. The molecule has 1 heterocycles. The predicted molar refractivity (Wildman–Crippen MR) is 112 cm³/mol. The van der Waals surface area contributed by atoms with Crippen molar-refractivity contribution >= 4 is 41.4 Å². The van der Waals surface area contributed by atoms with Crippen molar-refractivity contribution in [1.29, 1.82) is 0 Å². The van der Waals surface area contributed by atoms with Crippen molar-refractivity contribution in [2.75, 3.05) is 17.0 Å². The van der Waals surface area contributed by atoms with E-state index in [2.05, 4.69) is 26.0 Å². The molecule has 0 aliphatic carbocycles. The standard InChI is InChI=1S/C18H18ClN7OS/c19-15-8-4-7-14(9-15)11-22-23-17-24-25-18(26(17)20)28-12-16(27)21-10-13-5-2-1-3-6-13/h1-9,11H,10,12,20H2,(H,21,27)(H,23,24)/b22-11+. The minimum absolute atomic E-state index is 0.120. The molecule has 0 fully saturated rings. The van der Waals surface area contributed by atoms with Gasteiger partial charge in [0.15, 0.2) is 0 Å². The number of anilines is 1. The van der Waals surface area contributed by atoms with Gasteiger partial charge in [0.1, 0.15) is 0 Å². The molecule has 28 heavy (non-hydrogen) atoms. The first-order chi connectivity index (χ1) is 13.6. The van der Waals surface area contributed by atoms with Gasteiger partial charge in [0, 0.05) is 11.6 Å². The van der Waals surface area contributed by atoms with E-state index in [0.29, 0.717) is 16.7 Å². The average Bonchev–Trinajstić information content (AvgIpc) is 3.05. The Kier molecular flexibility index (Phi) is 6.88. The summed E-state index contributed by atoms with van der Waals surface area (Å²) in [5, 5.41) is 15.8. The van der Waals surface area contributed by atoms with E-state index in [1.165, 1.54) is 16.4 Å². The molecule has 1 aromatic heterocycles. The molecule has 0 unspecified atom stereocenters. The van der Waals surface area contributed by atoms with Crippen molar-refractivity contribution in [2.24, 2.45) is 5.10 Å². The molecule has 144 valence electrons. The Morgan fingerprint density at radius 2 is 2.04 bits per heavy atom. The number of nitrogens with one attached hydrogen (secondary N) is 2. The Morgan fingerprint density at radius 3 is 2.82 bits per heavy atom. The van der Waals surface area contributed by atoms with Gasteiger partial charge in [-0.05, 0) is 23.3 Å². The summed E-state index contributed by atoms with van der Waals surface area (Å²) in [4.78, 5) is 12.0. The molecule has 2 aromatic carbocycles. The fourth-order valence-electron chi connectivity index (χ4n) is 2.18. The first-order valence-electron chi connectivity index (χ1n) is 8.30. The maximum Gasteiger partial charge on any atom is 0.264 e. The number of halogens is 1. The second-order valence-corrected chi connectivity index (χ2v) is 7.03. The molecule has 0 saturated carbocycles. The van der Waals surface area contributed by atoms with Gasteiger partial charge in [0.05, 0.1) is 12.0 Å². The van der Waals surface area contributed by atoms with E-state index < -0.39 is 0 Å². The summed E-state index contributed by atoms with van der Waals surface area (Å²) in [6.07, 6.45) is 1.59. The summed E-state index contributed by atoms with van der Waals surface area (Å²) in [5.41, 5.74) is 4.57. The van der Waals surface area contributed by atoms with Crippen molar-refractivity contribution in [3.05, 3.63) is 70.7 Å². The second kappa shape index (κ2) is 9.77. The molecule has 0 radical (unpaired) electrons. The van der Waals surface area contributed by atoms with Crippen LogP contribution in [-0.2, 0) is 11.3 Å². The summed E-state index contributed by atoms with van der Waals surface area (Å²) >= 11 is 7.11. The van der Waals surface area contributed by atoms with Crippen LogP contribution in [0.3, 0.4) is 0 Å². The lowest BCUT2D eigenvalue weighted by Crippen LogP contribution is -2.25. The van der Waals surface area contributed by atoms with E-state index in [9.17, 15) is 4.79 Å². The SMILES string of the molecule is Nn1c(N/N=C/c2cccc(Cl)c2)nnc1SCC(=O)NCc1ccccc1. The summed E-state index contributed by atoms with van der Waals surface area (Å²) in [6, 6.07) is 16.9. The number of hydrazone groups is 1. The van der Waals surface area contributed by atoms with Gasteiger partial charge in [0.25, 0.3) is 5.95 Å². The van der Waals surface area contributed by atoms with E-state index in [0.717, 1.165) is 11.1 Å². The molecule has 0 aliphatic heterocycles. The van der Waals surface area contributed by atoms with Crippen LogP contribution in [-0.4, -0.2) is 32.7 Å². The number of benzene rings is 2. The topological polar surface area (TPSA) is 110 Å². The first-order valence-corrected chi connectivity index (χ1v) is 9.67. The van der Waals surface area contributed by atoms with Gasteiger partial charge in [-0.1, -0.05) is 65.8 Å². The van der Waals surface area contributed by atoms with E-state index in [1.54, 1.807) is 18.3 Å². The molecule has 10 heteroatoms.